The number of rotatable bonds is 1. The Morgan fingerprint density at radius 2 is 2.00 bits per heavy atom. The van der Waals surface area contributed by atoms with Gasteiger partial charge in [-0.2, -0.15) is 0 Å². The first-order chi connectivity index (χ1) is 1.91. The standard InChI is InChI=1S/2Al.ClH.H2N.O.3H/h;;1H;1H2;;;;/q;+1;;-1;;;;. The van der Waals surface area contributed by atoms with Crippen molar-refractivity contribution < 1.29 is 2.84 Å². The van der Waals surface area contributed by atoms with Crippen LogP contribution in [0.5, 0.6) is 0 Å². The van der Waals surface area contributed by atoms with Crippen LogP contribution in [0.3, 0.4) is 0 Å². The molecule has 0 aromatic carbocycles. The number of hydrogen-bond acceptors (Lipinski definition) is 2. The van der Waals surface area contributed by atoms with E-state index in [-0.39, 0.29) is 12.4 Å². The molecule has 0 amide bonds. The molecule has 0 aliphatic heterocycles. The van der Waals surface area contributed by atoms with Crippen LogP contribution in [-0.2, 0) is 2.84 Å². The molecule has 0 saturated carbocycles. The lowest BCUT2D eigenvalue weighted by atomic mass is 13.9. The van der Waals surface area contributed by atoms with Crippen LogP contribution in [0, 0.1) is 0 Å². The van der Waals surface area contributed by atoms with Crippen LogP contribution >= 0.6 is 12.4 Å². The zero-order valence-electron chi connectivity index (χ0n) is 3.10. The third-order valence-electron chi connectivity index (χ3n) is 0.167. The van der Waals surface area contributed by atoms with Crippen molar-refractivity contribution in [3.8, 4) is 0 Å². The Bertz CT molecular complexity index is 11.6. The number of nitrogens with two attached hydrogens (primary N) is 1. The maximum absolute atomic E-state index is 4.98. The minimum atomic E-state index is -0.514. The molecule has 0 atom stereocenters. The molecular formula is H6Al2ClNO. The summed E-state index contributed by atoms with van der Waals surface area (Å²) in [4.78, 5) is 0. The molecule has 0 saturated heterocycles. The first-order valence-corrected chi connectivity index (χ1v) is 3.32. The smallest absolute Gasteiger partial charge is 0.517 e. The molecular weight excluding hydrogens is 119 g/mol. The van der Waals surface area contributed by atoms with E-state index in [1.165, 1.54) is 0 Å². The van der Waals surface area contributed by atoms with E-state index in [0.717, 1.165) is 16.6 Å². The van der Waals surface area contributed by atoms with Crippen LogP contribution in [0.2, 0.25) is 0 Å². The highest BCUT2D eigenvalue weighted by Gasteiger charge is 1.66. The maximum Gasteiger partial charge on any atom is 0.517 e. The topological polar surface area (TPSA) is 35.2 Å². The fraction of sp³-hybridized carbons (Fsp3) is 0. The molecule has 5 heteroatoms. The second-order valence-electron chi connectivity index (χ2n) is 0.455. The van der Waals surface area contributed by atoms with Gasteiger partial charge in [0.2, 0.25) is 0 Å². The van der Waals surface area contributed by atoms with Crippen molar-refractivity contribution in [3.05, 3.63) is 0 Å². The highest BCUT2D eigenvalue weighted by Crippen LogP contribution is 1.31. The molecule has 2 nitrogen and oxygen atoms in total. The number of halogens is 1. The molecule has 0 radical (unpaired) electrons. The average molecular weight is 125 g/mol. The van der Waals surface area contributed by atoms with Gasteiger partial charge in [0.05, 0.1) is 0 Å². The molecule has 5 heavy (non-hydrogen) atoms. The fourth-order valence-corrected chi connectivity index (χ4v) is 0. The van der Waals surface area contributed by atoms with E-state index >= 15 is 0 Å². The van der Waals surface area contributed by atoms with Crippen molar-refractivity contribution in [2.75, 3.05) is 0 Å². The lowest BCUT2D eigenvalue weighted by molar-refractivity contribution is 0.665. The third kappa shape index (κ3) is 10.9. The van der Waals surface area contributed by atoms with Gasteiger partial charge in [0.1, 0.15) is 0 Å². The lowest BCUT2D eigenvalue weighted by Gasteiger charge is -1.75. The molecule has 0 unspecified atom stereocenters. The summed E-state index contributed by atoms with van der Waals surface area (Å²) in [5.74, 6) is 0. The maximum atomic E-state index is 4.98. The van der Waals surface area contributed by atoms with Crippen LogP contribution in [-0.4, -0.2) is 32.4 Å². The molecule has 0 aromatic rings. The van der Waals surface area contributed by atoms with Gasteiger partial charge in [-0.15, -0.1) is 12.4 Å². The van der Waals surface area contributed by atoms with Crippen LogP contribution < -0.4 is 4.72 Å². The molecule has 0 rings (SSSR count). The Hall–Kier alpha value is 1.27. The van der Waals surface area contributed by atoms with Gasteiger partial charge in [0.15, 0.2) is 0 Å². The van der Waals surface area contributed by atoms with Gasteiger partial charge in [-0.25, -0.2) is 0 Å². The third-order valence-corrected chi connectivity index (χ3v) is 1.50. The first kappa shape index (κ1) is 9.55. The Morgan fingerprint density at radius 3 is 2.00 bits per heavy atom. The Kier molecular flexibility index (Phi) is 17.2. The van der Waals surface area contributed by atoms with Gasteiger partial charge in [-0.1, -0.05) is 0 Å². The summed E-state index contributed by atoms with van der Waals surface area (Å²) in [6.07, 6.45) is 0. The minimum Gasteiger partial charge on any atom is -0.632 e. The summed E-state index contributed by atoms with van der Waals surface area (Å²) in [5, 5.41) is 0. The predicted octanol–water partition coefficient (Wildman–Crippen LogP) is -1.80. The normalized spacial score (nSPS) is 5.00. The molecule has 0 aliphatic carbocycles. The zero-order chi connectivity index (χ0) is 3.41. The van der Waals surface area contributed by atoms with Gasteiger partial charge < -0.3 is 7.56 Å². The molecule has 2 N–H and O–H groups in total. The minimum absolute atomic E-state index is 0. The highest BCUT2D eigenvalue weighted by molar-refractivity contribution is 6.30. The molecule has 0 heterocycles. The van der Waals surface area contributed by atoms with Crippen molar-refractivity contribution in [2.45, 2.75) is 0 Å². The second kappa shape index (κ2) is 8.99. The average Bonchev–Trinajstić information content (AvgIpc) is 1.37. The van der Waals surface area contributed by atoms with Gasteiger partial charge >= 0.3 is 32.4 Å². The van der Waals surface area contributed by atoms with Gasteiger partial charge in [-0.05, 0) is 0 Å². The largest absolute Gasteiger partial charge is 0.632 e. The predicted molar refractivity (Wildman–Crippen MR) is 28.2 cm³/mol. The van der Waals surface area contributed by atoms with E-state index in [1.807, 2.05) is 0 Å². The Morgan fingerprint density at radius 1 is 1.80 bits per heavy atom. The summed E-state index contributed by atoms with van der Waals surface area (Å²) in [6, 6.07) is 0. The van der Waals surface area contributed by atoms with Gasteiger partial charge in [0, 0.05) is 0 Å². The van der Waals surface area contributed by atoms with Gasteiger partial charge in [0.25, 0.3) is 0 Å². The van der Waals surface area contributed by atoms with Crippen LogP contribution in [0.25, 0.3) is 0 Å². The van der Waals surface area contributed by atoms with Crippen LogP contribution in [0.15, 0.2) is 0 Å². The molecule has 0 bridgehead atoms. The second-order valence-corrected chi connectivity index (χ2v) is 3.10. The van der Waals surface area contributed by atoms with E-state index in [9.17, 15) is 0 Å². The molecule has 0 fully saturated rings. The molecule has 0 aliphatic rings. The van der Waals surface area contributed by atoms with Crippen molar-refractivity contribution >= 4 is 44.8 Å². The van der Waals surface area contributed by atoms with Crippen molar-refractivity contribution in [2.24, 2.45) is 4.72 Å². The summed E-state index contributed by atoms with van der Waals surface area (Å²) < 4.78 is 9.58. The van der Waals surface area contributed by atoms with E-state index < -0.39 is 15.8 Å². The fourth-order valence-electron chi connectivity index (χ4n) is 0. The summed E-state index contributed by atoms with van der Waals surface area (Å²) in [7, 11) is 0. The first-order valence-electron chi connectivity index (χ1n) is 1.11. The van der Waals surface area contributed by atoms with Crippen molar-refractivity contribution in [3.63, 3.8) is 0 Å². The van der Waals surface area contributed by atoms with E-state index in [0.29, 0.717) is 0 Å². The zero-order valence-corrected chi connectivity index (χ0v) is 7.33. The summed E-state index contributed by atoms with van der Waals surface area (Å²) >= 11 is 0.313. The molecule has 0 spiro atoms. The molecule has 0 aromatic heterocycles. The monoisotopic (exact) mass is 125 g/mol. The van der Waals surface area contributed by atoms with Crippen molar-refractivity contribution in [1.82, 2.24) is 0 Å². The summed E-state index contributed by atoms with van der Waals surface area (Å²) in [6.45, 7) is 0. The van der Waals surface area contributed by atoms with Crippen molar-refractivity contribution in [1.29, 1.82) is 0 Å². The number of hydrogen-bond donors (Lipinski definition) is 1. The van der Waals surface area contributed by atoms with Gasteiger partial charge in [-0.3, -0.25) is 0 Å². The lowest BCUT2D eigenvalue weighted by Crippen LogP contribution is -2.06. The van der Waals surface area contributed by atoms with E-state index in [4.69, 9.17) is 4.72 Å². The quantitative estimate of drug-likeness (QED) is 0.420. The van der Waals surface area contributed by atoms with E-state index in [1.54, 1.807) is 0 Å². The SMILES string of the molecule is Cl.[NH2][AlH][O][AlH2]. The highest BCUT2D eigenvalue weighted by atomic mass is 35.5. The van der Waals surface area contributed by atoms with Crippen LogP contribution in [0.1, 0.15) is 0 Å². The van der Waals surface area contributed by atoms with E-state index in [2.05, 4.69) is 2.84 Å². The molecule has 30 valence electrons. The Labute approximate surface area is 52.5 Å². The summed E-state index contributed by atoms with van der Waals surface area (Å²) in [5.41, 5.74) is 0. The Balaban J connectivity index is 0. The van der Waals surface area contributed by atoms with Crippen LogP contribution in [0.4, 0.5) is 0 Å².